The zero-order valence-corrected chi connectivity index (χ0v) is 19.6. The van der Waals surface area contributed by atoms with Crippen LogP contribution in [0.1, 0.15) is 31.4 Å². The number of hydrogen-bond donors (Lipinski definition) is 4. The number of hydrogen-bond acceptors (Lipinski definition) is 8. The maximum absolute atomic E-state index is 12.7. The summed E-state index contributed by atoms with van der Waals surface area (Å²) in [5.41, 5.74) is -0.609. The third-order valence-corrected chi connectivity index (χ3v) is 7.00. The van der Waals surface area contributed by atoms with Crippen LogP contribution in [0.5, 0.6) is 5.75 Å². The molecule has 1 amide bonds. The van der Waals surface area contributed by atoms with Gasteiger partial charge in [-0.1, -0.05) is 18.2 Å². The summed E-state index contributed by atoms with van der Waals surface area (Å²) in [5.74, 6) is 0.0450. The lowest BCUT2D eigenvalue weighted by Gasteiger charge is -2.47. The van der Waals surface area contributed by atoms with Gasteiger partial charge in [-0.15, -0.1) is 0 Å². The van der Waals surface area contributed by atoms with Crippen molar-refractivity contribution in [3.63, 3.8) is 0 Å². The molecule has 1 unspecified atom stereocenters. The number of non-ortho nitro benzene ring substituents is 1. The fraction of sp³-hybridized carbons (Fsp3) is 0.400. The number of benzene rings is 2. The Kier molecular flexibility index (Phi) is 6.31. The fourth-order valence-corrected chi connectivity index (χ4v) is 4.83. The van der Waals surface area contributed by atoms with Gasteiger partial charge in [0.25, 0.3) is 5.69 Å². The topological polar surface area (TPSA) is 145 Å². The number of ether oxygens (including phenoxy) is 1. The second kappa shape index (κ2) is 8.95. The average Bonchev–Trinajstić information content (AvgIpc) is 3.04. The van der Waals surface area contributed by atoms with Gasteiger partial charge in [0, 0.05) is 36.3 Å². The van der Waals surface area contributed by atoms with Crippen LogP contribution >= 0.6 is 0 Å². The van der Waals surface area contributed by atoms with E-state index in [1.54, 1.807) is 12.1 Å². The Morgan fingerprint density at radius 1 is 1.14 bits per heavy atom. The number of amides is 1. The van der Waals surface area contributed by atoms with Crippen molar-refractivity contribution in [2.45, 2.75) is 36.9 Å². The zero-order valence-electron chi connectivity index (χ0n) is 19.6. The highest BCUT2D eigenvalue weighted by molar-refractivity contribution is 5.79. The van der Waals surface area contributed by atoms with Crippen LogP contribution in [-0.2, 0) is 10.2 Å². The lowest BCUT2D eigenvalue weighted by Crippen LogP contribution is -2.61. The molecule has 10 nitrogen and oxygen atoms in total. The Labute approximate surface area is 202 Å². The lowest BCUT2D eigenvalue weighted by molar-refractivity contribution is -0.384. The molecule has 2 aromatic rings. The zero-order chi connectivity index (χ0) is 25.4. The Morgan fingerprint density at radius 2 is 1.83 bits per heavy atom. The number of nitro groups is 1. The summed E-state index contributed by atoms with van der Waals surface area (Å²) in [6, 6.07) is 12.2. The molecule has 2 aliphatic heterocycles. The van der Waals surface area contributed by atoms with E-state index in [9.17, 15) is 30.2 Å². The van der Waals surface area contributed by atoms with E-state index < -0.39 is 47.3 Å². The summed E-state index contributed by atoms with van der Waals surface area (Å²) >= 11 is 0. The number of rotatable bonds is 8. The van der Waals surface area contributed by atoms with Crippen LogP contribution in [-0.4, -0.2) is 63.8 Å². The standard InChI is InChI=1S/C25H29N3O7/c1-23(2)19-5-3-4-6-20(19)27(12-10-22(32)26-24(14-29,15-30)16-31)25(23)11-9-17-13-18(28(33)34)7-8-21(17)35-25/h3-9,11,13,29-31H,10,12,14-16H2,1-2H3,(H,26,32). The van der Waals surface area contributed by atoms with Gasteiger partial charge >= 0.3 is 0 Å². The van der Waals surface area contributed by atoms with Crippen LogP contribution in [0.3, 0.4) is 0 Å². The maximum Gasteiger partial charge on any atom is 0.270 e. The highest BCUT2D eigenvalue weighted by atomic mass is 16.6. The highest BCUT2D eigenvalue weighted by Crippen LogP contribution is 2.55. The van der Waals surface area contributed by atoms with Gasteiger partial charge < -0.3 is 30.3 Å². The van der Waals surface area contributed by atoms with E-state index in [0.717, 1.165) is 11.3 Å². The number of fused-ring (bicyclic) bond motifs is 2. The van der Waals surface area contributed by atoms with Crippen molar-refractivity contribution < 1.29 is 29.8 Å². The molecule has 0 fully saturated rings. The molecule has 0 aromatic heterocycles. The average molecular weight is 484 g/mol. The molecule has 0 bridgehead atoms. The number of aliphatic hydroxyl groups excluding tert-OH is 3. The van der Waals surface area contributed by atoms with Crippen molar-refractivity contribution in [3.05, 3.63) is 69.8 Å². The minimum atomic E-state index is -1.51. The van der Waals surface area contributed by atoms with E-state index in [1.165, 1.54) is 12.1 Å². The molecule has 4 rings (SSSR count). The number of nitrogens with zero attached hydrogens (tertiary/aromatic N) is 2. The molecule has 10 heteroatoms. The van der Waals surface area contributed by atoms with E-state index in [2.05, 4.69) is 5.32 Å². The molecular formula is C25H29N3O7. The normalized spacial score (nSPS) is 19.7. The van der Waals surface area contributed by atoms with Crippen molar-refractivity contribution >= 4 is 23.4 Å². The van der Waals surface area contributed by atoms with E-state index in [0.29, 0.717) is 11.3 Å². The molecule has 186 valence electrons. The molecule has 0 aliphatic carbocycles. The summed E-state index contributed by atoms with van der Waals surface area (Å²) in [4.78, 5) is 25.5. The summed E-state index contributed by atoms with van der Waals surface area (Å²) in [6.45, 7) is 2.50. The quantitative estimate of drug-likeness (QED) is 0.328. The first-order valence-electron chi connectivity index (χ1n) is 11.3. The molecule has 35 heavy (non-hydrogen) atoms. The Hall–Kier alpha value is -3.47. The summed E-state index contributed by atoms with van der Waals surface area (Å²) in [6.07, 6.45) is 3.68. The van der Waals surface area contributed by atoms with Crippen LogP contribution in [0.25, 0.3) is 6.08 Å². The first-order valence-corrected chi connectivity index (χ1v) is 11.3. The van der Waals surface area contributed by atoms with Gasteiger partial charge in [0.2, 0.25) is 11.6 Å². The van der Waals surface area contributed by atoms with Gasteiger partial charge in [0.1, 0.15) is 11.3 Å². The fourth-order valence-electron chi connectivity index (χ4n) is 4.83. The third-order valence-electron chi connectivity index (χ3n) is 7.00. The van der Waals surface area contributed by atoms with E-state index >= 15 is 0 Å². The Morgan fingerprint density at radius 3 is 2.49 bits per heavy atom. The van der Waals surface area contributed by atoms with E-state index in [4.69, 9.17) is 4.74 Å². The third kappa shape index (κ3) is 3.93. The van der Waals surface area contributed by atoms with Crippen LogP contribution in [0.2, 0.25) is 0 Å². The second-order valence-corrected chi connectivity index (χ2v) is 9.46. The molecule has 1 atom stereocenters. The van der Waals surface area contributed by atoms with Crippen molar-refractivity contribution in [2.75, 3.05) is 31.3 Å². The first kappa shape index (κ1) is 24.6. The molecule has 0 saturated heterocycles. The molecule has 2 heterocycles. The van der Waals surface area contributed by atoms with Crippen LogP contribution in [0.4, 0.5) is 11.4 Å². The van der Waals surface area contributed by atoms with Gasteiger partial charge in [-0.25, -0.2) is 0 Å². The number of carbonyl (C=O) groups excluding carboxylic acids is 1. The van der Waals surface area contributed by atoms with Crippen LogP contribution in [0.15, 0.2) is 48.5 Å². The number of anilines is 1. The highest BCUT2D eigenvalue weighted by Gasteiger charge is 2.58. The molecule has 2 aliphatic rings. The van der Waals surface area contributed by atoms with Crippen LogP contribution in [0, 0.1) is 10.1 Å². The summed E-state index contributed by atoms with van der Waals surface area (Å²) < 4.78 is 6.59. The molecular weight excluding hydrogens is 454 g/mol. The van der Waals surface area contributed by atoms with Crippen LogP contribution < -0.4 is 15.0 Å². The monoisotopic (exact) mass is 483 g/mol. The predicted octanol–water partition coefficient (Wildman–Crippen LogP) is 1.72. The lowest BCUT2D eigenvalue weighted by atomic mass is 9.76. The number of nitrogens with one attached hydrogen (secondary N) is 1. The number of nitro benzene ring substituents is 1. The SMILES string of the molecule is CC1(C)c2ccccc2N(CCC(=O)NC(CO)(CO)CO)C12C=Cc1cc([N+](=O)[O-])ccc1O2. The van der Waals surface area contributed by atoms with Crippen molar-refractivity contribution in [2.24, 2.45) is 0 Å². The van der Waals surface area contributed by atoms with E-state index in [-0.39, 0.29) is 18.7 Å². The van der Waals surface area contributed by atoms with Crippen molar-refractivity contribution in [3.8, 4) is 5.75 Å². The maximum atomic E-state index is 12.7. The largest absolute Gasteiger partial charge is 0.463 e. The minimum absolute atomic E-state index is 0.00175. The second-order valence-electron chi connectivity index (χ2n) is 9.46. The molecule has 4 N–H and O–H groups in total. The molecule has 2 aromatic carbocycles. The van der Waals surface area contributed by atoms with E-state index in [1.807, 2.05) is 49.1 Å². The smallest absolute Gasteiger partial charge is 0.270 e. The molecule has 0 saturated carbocycles. The Balaban J connectivity index is 1.68. The summed E-state index contributed by atoms with van der Waals surface area (Å²) in [7, 11) is 0. The predicted molar refractivity (Wildman–Crippen MR) is 129 cm³/mol. The van der Waals surface area contributed by atoms with Crippen molar-refractivity contribution in [1.82, 2.24) is 5.32 Å². The number of carbonyl (C=O) groups is 1. The van der Waals surface area contributed by atoms with Gasteiger partial charge in [-0.05, 0) is 43.7 Å². The van der Waals surface area contributed by atoms with Gasteiger partial charge in [0.15, 0.2) is 0 Å². The number of para-hydroxylation sites is 1. The molecule has 1 spiro atoms. The first-order chi connectivity index (χ1) is 16.6. The Bertz CT molecular complexity index is 1170. The number of aliphatic hydroxyl groups is 3. The minimum Gasteiger partial charge on any atom is -0.463 e. The van der Waals surface area contributed by atoms with Gasteiger partial charge in [0.05, 0.1) is 30.2 Å². The van der Waals surface area contributed by atoms with Crippen molar-refractivity contribution in [1.29, 1.82) is 0 Å². The van der Waals surface area contributed by atoms with Gasteiger partial charge in [-0.3, -0.25) is 14.9 Å². The van der Waals surface area contributed by atoms with Gasteiger partial charge in [-0.2, -0.15) is 0 Å². The molecule has 0 radical (unpaired) electrons. The summed E-state index contributed by atoms with van der Waals surface area (Å²) in [5, 5.41) is 42.3.